The van der Waals surface area contributed by atoms with Crippen molar-refractivity contribution in [1.29, 1.82) is 5.41 Å². The average Bonchev–Trinajstić information content (AvgIpc) is 3.33. The van der Waals surface area contributed by atoms with Gasteiger partial charge in [-0.25, -0.2) is 0 Å². The van der Waals surface area contributed by atoms with Gasteiger partial charge in [-0.3, -0.25) is 5.41 Å². The van der Waals surface area contributed by atoms with Gasteiger partial charge in [0, 0.05) is 22.3 Å². The second kappa shape index (κ2) is 5.57. The second-order valence-corrected chi connectivity index (χ2v) is 7.24. The number of nitrogens with one attached hydrogen (secondary N) is 3. The van der Waals surface area contributed by atoms with Crippen molar-refractivity contribution in [2.75, 3.05) is 10.6 Å². The molecule has 2 aliphatic carbocycles. The van der Waals surface area contributed by atoms with Crippen LogP contribution in [-0.4, -0.2) is 5.96 Å². The predicted molar refractivity (Wildman–Crippen MR) is 121 cm³/mol. The van der Waals surface area contributed by atoms with Crippen molar-refractivity contribution in [3.05, 3.63) is 82.9 Å². The molecule has 4 aromatic carbocycles. The molecule has 28 heavy (non-hydrogen) atoms. The van der Waals surface area contributed by atoms with Gasteiger partial charge in [-0.15, -0.1) is 0 Å². The average molecular weight is 359 g/mol. The summed E-state index contributed by atoms with van der Waals surface area (Å²) in [6, 6.07) is 20.9. The minimum atomic E-state index is 0.264. The number of hydrogen-bond acceptors (Lipinski definition) is 1. The summed E-state index contributed by atoms with van der Waals surface area (Å²) >= 11 is 0. The Balaban J connectivity index is 1.35. The summed E-state index contributed by atoms with van der Waals surface area (Å²) < 4.78 is 0. The highest BCUT2D eigenvalue weighted by atomic mass is 15.1. The Hall–Kier alpha value is -3.85. The van der Waals surface area contributed by atoms with E-state index >= 15 is 0 Å². The molecule has 0 fully saturated rings. The molecule has 3 heteroatoms. The third-order valence-electron chi connectivity index (χ3n) is 5.61. The fraction of sp³-hybridized carbons (Fsp3) is 0. The normalized spacial score (nSPS) is 12.9. The lowest BCUT2D eigenvalue weighted by Gasteiger charge is -2.15. The Kier molecular flexibility index (Phi) is 3.03. The molecular weight excluding hydrogens is 342 g/mol. The highest BCUT2D eigenvalue weighted by molar-refractivity contribution is 6.15. The third kappa shape index (κ3) is 2.13. The van der Waals surface area contributed by atoms with E-state index in [2.05, 4.69) is 83.5 Å². The van der Waals surface area contributed by atoms with Crippen LogP contribution in [0.15, 0.2) is 60.7 Å². The van der Waals surface area contributed by atoms with Crippen molar-refractivity contribution < 1.29 is 0 Å². The van der Waals surface area contributed by atoms with E-state index in [1.165, 1.54) is 32.8 Å². The minimum Gasteiger partial charge on any atom is -0.326 e. The van der Waals surface area contributed by atoms with Gasteiger partial charge >= 0.3 is 0 Å². The molecule has 0 bridgehead atoms. The van der Waals surface area contributed by atoms with Crippen molar-refractivity contribution in [2.45, 2.75) is 0 Å². The summed E-state index contributed by atoms with van der Waals surface area (Å²) in [7, 11) is 0. The van der Waals surface area contributed by atoms with Crippen LogP contribution in [0.5, 0.6) is 0 Å². The lowest BCUT2D eigenvalue weighted by molar-refractivity contribution is 1.44. The van der Waals surface area contributed by atoms with Crippen molar-refractivity contribution >= 4 is 63.2 Å². The predicted octanol–water partition coefficient (Wildman–Crippen LogP) is 6.42. The molecule has 0 unspecified atom stereocenters. The number of hydrogen-bond donors (Lipinski definition) is 3. The number of rotatable bonds is 2. The van der Waals surface area contributed by atoms with Gasteiger partial charge in [0.25, 0.3) is 0 Å². The minimum absolute atomic E-state index is 0.264. The summed E-state index contributed by atoms with van der Waals surface area (Å²) in [5.74, 6) is 0.264. The smallest absolute Gasteiger partial charge is 0.197 e. The first kappa shape index (κ1) is 15.2. The van der Waals surface area contributed by atoms with Gasteiger partial charge in [-0.1, -0.05) is 72.8 Å². The maximum absolute atomic E-state index is 8.50. The van der Waals surface area contributed by atoms with E-state index in [1.54, 1.807) is 0 Å². The maximum atomic E-state index is 8.50. The van der Waals surface area contributed by atoms with E-state index in [0.29, 0.717) is 0 Å². The number of benzene rings is 4. The van der Waals surface area contributed by atoms with Gasteiger partial charge in [0.1, 0.15) is 0 Å². The van der Waals surface area contributed by atoms with Gasteiger partial charge in [0.05, 0.1) is 0 Å². The first-order chi connectivity index (χ1) is 13.8. The summed E-state index contributed by atoms with van der Waals surface area (Å²) in [6.45, 7) is 0. The van der Waals surface area contributed by atoms with Crippen LogP contribution >= 0.6 is 0 Å². The molecule has 0 saturated carbocycles. The van der Waals surface area contributed by atoms with Gasteiger partial charge in [0.15, 0.2) is 5.96 Å². The molecule has 2 aliphatic rings. The lowest BCUT2D eigenvalue weighted by atomic mass is 10.0. The van der Waals surface area contributed by atoms with Crippen LogP contribution in [0, 0.1) is 5.41 Å². The van der Waals surface area contributed by atoms with Crippen LogP contribution in [0.1, 0.15) is 22.3 Å². The quantitative estimate of drug-likeness (QED) is 0.247. The van der Waals surface area contributed by atoms with E-state index in [4.69, 9.17) is 5.41 Å². The molecule has 0 radical (unpaired) electrons. The Morgan fingerprint density at radius 2 is 1.29 bits per heavy atom. The zero-order valence-electron chi connectivity index (χ0n) is 15.1. The summed E-state index contributed by atoms with van der Waals surface area (Å²) in [5.41, 5.74) is 6.72. The van der Waals surface area contributed by atoms with Gasteiger partial charge < -0.3 is 10.6 Å². The van der Waals surface area contributed by atoms with Crippen LogP contribution < -0.4 is 10.6 Å². The third-order valence-corrected chi connectivity index (χ3v) is 5.61. The fourth-order valence-corrected chi connectivity index (χ4v) is 4.36. The van der Waals surface area contributed by atoms with E-state index in [1.807, 2.05) is 12.1 Å². The largest absolute Gasteiger partial charge is 0.326 e. The number of guanidine groups is 1. The van der Waals surface area contributed by atoms with Gasteiger partial charge in [0.2, 0.25) is 0 Å². The molecule has 3 nitrogen and oxygen atoms in total. The van der Waals surface area contributed by atoms with Crippen LogP contribution in [0.4, 0.5) is 11.4 Å². The van der Waals surface area contributed by atoms with Crippen molar-refractivity contribution in [1.82, 2.24) is 0 Å². The van der Waals surface area contributed by atoms with Crippen LogP contribution in [0.3, 0.4) is 0 Å². The van der Waals surface area contributed by atoms with Crippen molar-refractivity contribution in [3.63, 3.8) is 0 Å². The maximum Gasteiger partial charge on any atom is 0.197 e. The summed E-state index contributed by atoms with van der Waals surface area (Å²) in [5, 5.41) is 19.9. The molecule has 0 spiro atoms. The van der Waals surface area contributed by atoms with E-state index in [0.717, 1.165) is 22.3 Å². The number of anilines is 2. The Morgan fingerprint density at radius 3 is 2.18 bits per heavy atom. The molecule has 0 heterocycles. The van der Waals surface area contributed by atoms with Gasteiger partial charge in [-0.05, 0) is 45.0 Å². The monoisotopic (exact) mass is 359 g/mol. The Morgan fingerprint density at radius 1 is 0.607 bits per heavy atom. The molecule has 6 rings (SSSR count). The highest BCUT2D eigenvalue weighted by Gasteiger charge is 2.15. The zero-order chi connectivity index (χ0) is 18.7. The first-order valence-electron chi connectivity index (χ1n) is 9.38. The first-order valence-corrected chi connectivity index (χ1v) is 9.38. The molecule has 0 aromatic heterocycles. The lowest BCUT2D eigenvalue weighted by Crippen LogP contribution is -2.21. The van der Waals surface area contributed by atoms with Crippen LogP contribution in [0.25, 0.3) is 45.8 Å². The SMILES string of the molecule is N=C(Nc1ccc2cccc3c2c1C=C3)Nc1ccc2c3c(cccc13)C=C2. The topological polar surface area (TPSA) is 47.9 Å². The molecule has 0 atom stereocenters. The molecule has 132 valence electrons. The van der Waals surface area contributed by atoms with Crippen LogP contribution in [0.2, 0.25) is 0 Å². The summed E-state index contributed by atoms with van der Waals surface area (Å²) in [4.78, 5) is 0. The fourth-order valence-electron chi connectivity index (χ4n) is 4.36. The molecule has 0 amide bonds. The van der Waals surface area contributed by atoms with Crippen molar-refractivity contribution in [3.8, 4) is 0 Å². The van der Waals surface area contributed by atoms with Crippen LogP contribution in [-0.2, 0) is 0 Å². The zero-order valence-corrected chi connectivity index (χ0v) is 15.1. The Bertz CT molecular complexity index is 1360. The second-order valence-electron chi connectivity index (χ2n) is 7.24. The van der Waals surface area contributed by atoms with Gasteiger partial charge in [-0.2, -0.15) is 0 Å². The molecular formula is C25H17N3. The molecule has 4 aromatic rings. The molecule has 0 aliphatic heterocycles. The highest BCUT2D eigenvalue weighted by Crippen LogP contribution is 2.37. The molecule has 3 N–H and O–H groups in total. The molecule has 0 saturated heterocycles. The standard InChI is InChI=1S/C25H17N3/c26-25(27-21-14-11-18-8-7-15-5-2-6-19(21)24(15)18)28-22-13-10-17-4-1-3-16-9-12-20(22)23(16)17/h1-14H,(H3,26,27,28). The van der Waals surface area contributed by atoms with Crippen molar-refractivity contribution in [2.24, 2.45) is 0 Å². The van der Waals surface area contributed by atoms with E-state index in [-0.39, 0.29) is 5.96 Å². The summed E-state index contributed by atoms with van der Waals surface area (Å²) in [6.07, 6.45) is 8.55. The van der Waals surface area contributed by atoms with E-state index in [9.17, 15) is 0 Å². The van der Waals surface area contributed by atoms with E-state index < -0.39 is 0 Å². The Labute approximate surface area is 162 Å².